The van der Waals surface area contributed by atoms with E-state index in [-0.39, 0.29) is 77.7 Å². The molecule has 0 N–H and O–H groups in total. The summed E-state index contributed by atoms with van der Waals surface area (Å²) in [5.74, 6) is -4.03. The molecule has 2 heterocycles. The maximum Gasteiger partial charge on any atom is 1.00 e. The molecule has 2 saturated heterocycles. The van der Waals surface area contributed by atoms with Crippen molar-refractivity contribution in [3.63, 3.8) is 0 Å². The Morgan fingerprint density at radius 3 is 2.42 bits per heavy atom. The molecule has 0 bridgehead atoms. The molecule has 2 aliphatic heterocycles. The van der Waals surface area contributed by atoms with Crippen molar-refractivity contribution >= 4 is 17.8 Å². The molecule has 0 aromatic rings. The summed E-state index contributed by atoms with van der Waals surface area (Å²) < 4.78 is 5.39. The minimum atomic E-state index is -1.43. The molecule has 1 amide bonds. The molecule has 7 nitrogen and oxygen atoms in total. The van der Waals surface area contributed by atoms with E-state index in [1.54, 1.807) is 0 Å². The number of carboxylic acid groups (broad SMARTS) is 2. The number of nitrogens with zero attached hydrogens (tertiary/aromatic N) is 1. The van der Waals surface area contributed by atoms with Crippen LogP contribution in [0.5, 0.6) is 0 Å². The number of hydrogen-bond acceptors (Lipinski definition) is 6. The van der Waals surface area contributed by atoms with Gasteiger partial charge in [0.1, 0.15) is 6.23 Å². The van der Waals surface area contributed by atoms with Gasteiger partial charge in [-0.1, -0.05) is 0 Å². The standard InChI is InChI=1S/C10H13NO6.2Na/c12-7-3-8-11(7)4-6(17-8)1-5(10(15)16)2-9(13)14;;/h5-6,8H,1-4H2,(H,13,14)(H,15,16);;/q;2*+1/p-2. The van der Waals surface area contributed by atoms with Crippen molar-refractivity contribution in [2.75, 3.05) is 6.54 Å². The van der Waals surface area contributed by atoms with E-state index in [0.717, 1.165) is 0 Å². The van der Waals surface area contributed by atoms with Crippen LogP contribution in [0.2, 0.25) is 0 Å². The molecule has 0 radical (unpaired) electrons. The molecule has 0 saturated carbocycles. The maximum atomic E-state index is 11.1. The topological polar surface area (TPSA) is 110 Å². The molecule has 3 atom stereocenters. The van der Waals surface area contributed by atoms with Gasteiger partial charge in [-0.05, 0) is 12.8 Å². The van der Waals surface area contributed by atoms with Gasteiger partial charge < -0.3 is 29.4 Å². The summed E-state index contributed by atoms with van der Waals surface area (Å²) in [6.45, 7) is 0.320. The number of fused-ring (bicyclic) bond motifs is 1. The first-order valence-electron chi connectivity index (χ1n) is 5.33. The Labute approximate surface area is 154 Å². The summed E-state index contributed by atoms with van der Waals surface area (Å²) in [6, 6.07) is 0. The Bertz CT molecular complexity index is 377. The molecular weight excluding hydrogens is 276 g/mol. The largest absolute Gasteiger partial charge is 1.00 e. The van der Waals surface area contributed by atoms with Crippen LogP contribution in [-0.2, 0) is 19.1 Å². The van der Waals surface area contributed by atoms with Crippen LogP contribution in [0.15, 0.2) is 0 Å². The third kappa shape index (κ3) is 4.70. The smallest absolute Gasteiger partial charge is 0.550 e. The van der Waals surface area contributed by atoms with E-state index in [2.05, 4.69) is 0 Å². The maximum absolute atomic E-state index is 11.1. The van der Waals surface area contributed by atoms with Gasteiger partial charge in [-0.3, -0.25) is 4.79 Å². The number of ether oxygens (including phenoxy) is 1. The second kappa shape index (κ2) is 7.97. The third-order valence-corrected chi connectivity index (χ3v) is 3.06. The summed E-state index contributed by atoms with van der Waals surface area (Å²) in [5.41, 5.74) is 0. The molecule has 0 aromatic carbocycles. The Kier molecular flexibility index (Phi) is 8.13. The van der Waals surface area contributed by atoms with Gasteiger partial charge in [-0.25, -0.2) is 0 Å². The molecule has 0 spiro atoms. The number of β-lactam (4-membered cyclic amide) rings is 1. The number of carbonyl (C=O) groups is 3. The van der Waals surface area contributed by atoms with Gasteiger partial charge in [-0.2, -0.15) is 0 Å². The predicted octanol–water partition coefficient (Wildman–Crippen LogP) is -9.15. The molecule has 2 fully saturated rings. The normalized spacial score (nSPS) is 25.5. The number of aliphatic carboxylic acids is 2. The molecule has 94 valence electrons. The number of hydrogen-bond donors (Lipinski definition) is 0. The zero-order valence-electron chi connectivity index (χ0n) is 11.0. The number of carbonyl (C=O) groups excluding carboxylic acids is 3. The quantitative estimate of drug-likeness (QED) is 0.367. The summed E-state index contributed by atoms with van der Waals surface area (Å²) in [4.78, 5) is 33.7. The molecule has 2 rings (SSSR count). The van der Waals surface area contributed by atoms with E-state index < -0.39 is 30.4 Å². The molecule has 9 heteroatoms. The first-order valence-corrected chi connectivity index (χ1v) is 5.33. The van der Waals surface area contributed by atoms with Crippen molar-refractivity contribution in [1.29, 1.82) is 0 Å². The minimum Gasteiger partial charge on any atom is -0.550 e. The van der Waals surface area contributed by atoms with Crippen molar-refractivity contribution in [1.82, 2.24) is 4.90 Å². The van der Waals surface area contributed by atoms with Gasteiger partial charge in [0.05, 0.1) is 12.5 Å². The first kappa shape index (κ1) is 19.4. The number of rotatable bonds is 5. The molecular formula is C10H11NNa2O6. The summed E-state index contributed by atoms with van der Waals surface area (Å²) in [6.07, 6.45) is -0.962. The molecule has 19 heavy (non-hydrogen) atoms. The van der Waals surface area contributed by atoms with E-state index in [1.165, 1.54) is 4.90 Å². The fraction of sp³-hybridized carbons (Fsp3) is 0.700. The summed E-state index contributed by atoms with van der Waals surface area (Å²) in [5, 5.41) is 21.1. The Morgan fingerprint density at radius 1 is 1.37 bits per heavy atom. The second-order valence-electron chi connectivity index (χ2n) is 4.29. The Morgan fingerprint density at radius 2 is 2.00 bits per heavy atom. The second-order valence-corrected chi connectivity index (χ2v) is 4.29. The molecule has 3 unspecified atom stereocenters. The van der Waals surface area contributed by atoms with Crippen LogP contribution < -0.4 is 69.3 Å². The Hall–Kier alpha value is 0.370. The zero-order valence-corrected chi connectivity index (χ0v) is 15.0. The van der Waals surface area contributed by atoms with Crippen LogP contribution in [-0.4, -0.2) is 41.6 Å². The monoisotopic (exact) mass is 287 g/mol. The van der Waals surface area contributed by atoms with Crippen LogP contribution in [0.3, 0.4) is 0 Å². The van der Waals surface area contributed by atoms with Gasteiger partial charge in [0, 0.05) is 24.4 Å². The van der Waals surface area contributed by atoms with Gasteiger partial charge >= 0.3 is 59.1 Å². The van der Waals surface area contributed by atoms with Crippen LogP contribution >= 0.6 is 0 Å². The van der Waals surface area contributed by atoms with E-state index in [9.17, 15) is 24.6 Å². The zero-order chi connectivity index (χ0) is 12.6. The average molecular weight is 287 g/mol. The molecule has 0 aliphatic carbocycles. The van der Waals surface area contributed by atoms with Crippen molar-refractivity contribution in [3.8, 4) is 0 Å². The van der Waals surface area contributed by atoms with Crippen molar-refractivity contribution < 1.29 is 88.4 Å². The van der Waals surface area contributed by atoms with Crippen molar-refractivity contribution in [2.45, 2.75) is 31.6 Å². The van der Waals surface area contributed by atoms with E-state index in [0.29, 0.717) is 13.0 Å². The third-order valence-electron chi connectivity index (χ3n) is 3.06. The molecule has 0 aromatic heterocycles. The van der Waals surface area contributed by atoms with Gasteiger partial charge in [-0.15, -0.1) is 0 Å². The predicted molar refractivity (Wildman–Crippen MR) is 47.7 cm³/mol. The van der Waals surface area contributed by atoms with Crippen LogP contribution in [0.4, 0.5) is 0 Å². The van der Waals surface area contributed by atoms with E-state index in [1.807, 2.05) is 0 Å². The Balaban J connectivity index is 0.00000162. The average Bonchev–Trinajstić information content (AvgIpc) is 2.53. The van der Waals surface area contributed by atoms with Gasteiger partial charge in [0.15, 0.2) is 0 Å². The minimum absolute atomic E-state index is 0. The fourth-order valence-electron chi connectivity index (χ4n) is 2.16. The molecule has 2 aliphatic rings. The van der Waals surface area contributed by atoms with Gasteiger partial charge in [0.25, 0.3) is 0 Å². The summed E-state index contributed by atoms with van der Waals surface area (Å²) >= 11 is 0. The first-order chi connectivity index (χ1) is 7.97. The van der Waals surface area contributed by atoms with Crippen LogP contribution in [0, 0.1) is 5.92 Å². The van der Waals surface area contributed by atoms with Crippen LogP contribution in [0.25, 0.3) is 0 Å². The van der Waals surface area contributed by atoms with Gasteiger partial charge in [0.2, 0.25) is 5.91 Å². The van der Waals surface area contributed by atoms with Crippen molar-refractivity contribution in [3.05, 3.63) is 0 Å². The number of amides is 1. The SMILES string of the molecule is O=C([O-])CC(CC1CN2C(=O)CC2O1)C(=O)[O-].[Na+].[Na+]. The van der Waals surface area contributed by atoms with E-state index >= 15 is 0 Å². The van der Waals surface area contributed by atoms with E-state index in [4.69, 9.17) is 4.74 Å². The number of carboxylic acids is 2. The van der Waals surface area contributed by atoms with Crippen molar-refractivity contribution in [2.24, 2.45) is 5.92 Å². The summed E-state index contributed by atoms with van der Waals surface area (Å²) in [7, 11) is 0. The van der Waals surface area contributed by atoms with Crippen LogP contribution in [0.1, 0.15) is 19.3 Å². The fourth-order valence-corrected chi connectivity index (χ4v) is 2.16.